The lowest BCUT2D eigenvalue weighted by Crippen LogP contribution is -2.27. The standard InChI is InChI=1S/C18H19N3O3/c1-10-15(24-18(20-10)11-6-7-11)17(23)19-9-8-13-12-4-2-3-5-14(12)21-16(13)22/h2-5,11,13H,6-9H2,1H3,(H,19,23)(H,21,22). The Morgan fingerprint density at radius 1 is 1.38 bits per heavy atom. The van der Waals surface area contributed by atoms with Crippen molar-refractivity contribution in [1.82, 2.24) is 10.3 Å². The molecule has 1 saturated carbocycles. The molecule has 124 valence electrons. The second-order valence-corrected chi connectivity index (χ2v) is 6.41. The van der Waals surface area contributed by atoms with Gasteiger partial charge in [-0.2, -0.15) is 0 Å². The van der Waals surface area contributed by atoms with E-state index in [1.165, 1.54) is 0 Å². The predicted octanol–water partition coefficient (Wildman–Crippen LogP) is 2.72. The summed E-state index contributed by atoms with van der Waals surface area (Å²) in [5, 5.41) is 5.71. The third-order valence-electron chi connectivity index (χ3n) is 4.58. The fraction of sp³-hybridized carbons (Fsp3) is 0.389. The second-order valence-electron chi connectivity index (χ2n) is 6.41. The van der Waals surface area contributed by atoms with Gasteiger partial charge in [0.15, 0.2) is 5.89 Å². The average Bonchev–Trinajstić information content (AvgIpc) is 3.27. The Labute approximate surface area is 139 Å². The lowest BCUT2D eigenvalue weighted by molar-refractivity contribution is -0.117. The minimum Gasteiger partial charge on any atom is -0.435 e. The van der Waals surface area contributed by atoms with E-state index in [9.17, 15) is 9.59 Å². The van der Waals surface area contributed by atoms with Crippen LogP contribution < -0.4 is 10.6 Å². The van der Waals surface area contributed by atoms with Crippen LogP contribution in [-0.2, 0) is 4.79 Å². The van der Waals surface area contributed by atoms with Crippen LogP contribution in [-0.4, -0.2) is 23.3 Å². The molecule has 1 fully saturated rings. The Balaban J connectivity index is 1.37. The molecular formula is C18H19N3O3. The number of amides is 2. The molecule has 2 amide bonds. The van der Waals surface area contributed by atoms with Crippen LogP contribution in [0, 0.1) is 6.92 Å². The van der Waals surface area contributed by atoms with Gasteiger partial charge in [0.2, 0.25) is 11.7 Å². The van der Waals surface area contributed by atoms with Crippen LogP contribution in [0.5, 0.6) is 0 Å². The summed E-state index contributed by atoms with van der Waals surface area (Å²) in [7, 11) is 0. The monoisotopic (exact) mass is 325 g/mol. The van der Waals surface area contributed by atoms with Crippen molar-refractivity contribution < 1.29 is 14.0 Å². The molecule has 1 atom stereocenters. The maximum atomic E-state index is 12.3. The first-order valence-corrected chi connectivity index (χ1v) is 8.29. The Kier molecular flexibility index (Phi) is 3.59. The summed E-state index contributed by atoms with van der Waals surface area (Å²) < 4.78 is 5.60. The van der Waals surface area contributed by atoms with Gasteiger partial charge in [-0.3, -0.25) is 9.59 Å². The van der Waals surface area contributed by atoms with Crippen molar-refractivity contribution in [3.63, 3.8) is 0 Å². The van der Waals surface area contributed by atoms with E-state index in [0.717, 1.165) is 24.1 Å². The van der Waals surface area contributed by atoms with Crippen LogP contribution in [0.25, 0.3) is 0 Å². The summed E-state index contributed by atoms with van der Waals surface area (Å²) in [6.07, 6.45) is 2.71. The van der Waals surface area contributed by atoms with Crippen LogP contribution in [0.1, 0.15) is 58.8 Å². The van der Waals surface area contributed by atoms with Gasteiger partial charge in [0.05, 0.1) is 11.6 Å². The first kappa shape index (κ1) is 14.9. The van der Waals surface area contributed by atoms with Crippen LogP contribution in [0.15, 0.2) is 28.7 Å². The van der Waals surface area contributed by atoms with E-state index < -0.39 is 0 Å². The Morgan fingerprint density at radius 2 is 2.17 bits per heavy atom. The number of hydrogen-bond acceptors (Lipinski definition) is 4. The fourth-order valence-corrected chi connectivity index (χ4v) is 3.11. The predicted molar refractivity (Wildman–Crippen MR) is 88.0 cm³/mol. The molecule has 0 radical (unpaired) electrons. The maximum absolute atomic E-state index is 12.3. The number of nitrogens with zero attached hydrogens (tertiary/aromatic N) is 1. The van der Waals surface area contributed by atoms with Crippen LogP contribution in [0.2, 0.25) is 0 Å². The van der Waals surface area contributed by atoms with Crippen molar-refractivity contribution in [2.45, 2.75) is 38.0 Å². The minimum atomic E-state index is -0.265. The molecule has 1 aliphatic carbocycles. The molecule has 0 saturated heterocycles. The Hall–Kier alpha value is -2.63. The Morgan fingerprint density at radius 3 is 2.96 bits per heavy atom. The second kappa shape index (κ2) is 5.78. The fourth-order valence-electron chi connectivity index (χ4n) is 3.11. The summed E-state index contributed by atoms with van der Waals surface area (Å²) in [6.45, 7) is 2.19. The van der Waals surface area contributed by atoms with Crippen LogP contribution in [0.3, 0.4) is 0 Å². The summed E-state index contributed by atoms with van der Waals surface area (Å²) in [6, 6.07) is 7.65. The average molecular weight is 325 g/mol. The molecule has 2 aromatic rings. The van der Waals surface area contributed by atoms with Gasteiger partial charge in [-0.15, -0.1) is 0 Å². The van der Waals surface area contributed by atoms with Gasteiger partial charge in [-0.1, -0.05) is 18.2 Å². The van der Waals surface area contributed by atoms with E-state index in [2.05, 4.69) is 15.6 Å². The molecule has 0 spiro atoms. The van der Waals surface area contributed by atoms with Crippen LogP contribution >= 0.6 is 0 Å². The van der Waals surface area contributed by atoms with Crippen LogP contribution in [0.4, 0.5) is 5.69 Å². The topological polar surface area (TPSA) is 84.2 Å². The van der Waals surface area contributed by atoms with E-state index in [1.54, 1.807) is 6.92 Å². The highest BCUT2D eigenvalue weighted by Gasteiger charge is 2.32. The Bertz CT molecular complexity index is 808. The van der Waals surface area contributed by atoms with E-state index in [4.69, 9.17) is 4.42 Å². The van der Waals surface area contributed by atoms with E-state index >= 15 is 0 Å². The van der Waals surface area contributed by atoms with Gasteiger partial charge in [0.1, 0.15) is 0 Å². The quantitative estimate of drug-likeness (QED) is 0.885. The molecule has 4 rings (SSSR count). The van der Waals surface area contributed by atoms with E-state index in [1.807, 2.05) is 24.3 Å². The number of para-hydroxylation sites is 1. The molecule has 2 heterocycles. The number of nitrogens with one attached hydrogen (secondary N) is 2. The zero-order chi connectivity index (χ0) is 16.7. The van der Waals surface area contributed by atoms with Crippen molar-refractivity contribution >= 4 is 17.5 Å². The number of oxazole rings is 1. The number of aryl methyl sites for hydroxylation is 1. The molecule has 1 aromatic carbocycles. The highest BCUT2D eigenvalue weighted by molar-refractivity contribution is 6.02. The molecule has 1 aromatic heterocycles. The number of anilines is 1. The molecule has 1 unspecified atom stereocenters. The molecule has 24 heavy (non-hydrogen) atoms. The largest absolute Gasteiger partial charge is 0.435 e. The highest BCUT2D eigenvalue weighted by atomic mass is 16.4. The third-order valence-corrected chi connectivity index (χ3v) is 4.58. The molecule has 6 nitrogen and oxygen atoms in total. The summed E-state index contributed by atoms with van der Waals surface area (Å²) in [5.74, 6) is 0.828. The smallest absolute Gasteiger partial charge is 0.289 e. The SMILES string of the molecule is Cc1nc(C2CC2)oc1C(=O)NCCC1C(=O)Nc2ccccc21. The number of carbonyl (C=O) groups excluding carboxylic acids is 2. The normalized spacial score (nSPS) is 19.0. The zero-order valence-corrected chi connectivity index (χ0v) is 13.5. The first-order chi connectivity index (χ1) is 11.6. The van der Waals surface area contributed by atoms with Gasteiger partial charge in [0.25, 0.3) is 5.91 Å². The van der Waals surface area contributed by atoms with Crippen molar-refractivity contribution in [2.75, 3.05) is 11.9 Å². The van der Waals surface area contributed by atoms with Crippen molar-refractivity contribution in [2.24, 2.45) is 0 Å². The zero-order valence-electron chi connectivity index (χ0n) is 13.5. The lowest BCUT2D eigenvalue weighted by Gasteiger charge is -2.09. The van der Waals surface area contributed by atoms with Gasteiger partial charge < -0.3 is 15.1 Å². The van der Waals surface area contributed by atoms with E-state index in [-0.39, 0.29) is 23.5 Å². The summed E-state index contributed by atoms with van der Waals surface area (Å²) >= 11 is 0. The van der Waals surface area contributed by atoms with Gasteiger partial charge >= 0.3 is 0 Å². The van der Waals surface area contributed by atoms with Crippen molar-refractivity contribution in [3.05, 3.63) is 47.2 Å². The lowest BCUT2D eigenvalue weighted by atomic mass is 9.97. The van der Waals surface area contributed by atoms with Crippen molar-refractivity contribution in [1.29, 1.82) is 0 Å². The number of aromatic nitrogens is 1. The number of benzene rings is 1. The minimum absolute atomic E-state index is 0.0164. The number of rotatable bonds is 5. The molecule has 2 N–H and O–H groups in total. The molecule has 1 aliphatic heterocycles. The van der Waals surface area contributed by atoms with Crippen molar-refractivity contribution in [3.8, 4) is 0 Å². The molecule has 6 heteroatoms. The maximum Gasteiger partial charge on any atom is 0.289 e. The number of hydrogen-bond donors (Lipinski definition) is 2. The molecule has 2 aliphatic rings. The highest BCUT2D eigenvalue weighted by Crippen LogP contribution is 2.40. The van der Waals surface area contributed by atoms with Gasteiger partial charge in [0, 0.05) is 18.2 Å². The summed E-state index contributed by atoms with van der Waals surface area (Å²) in [4.78, 5) is 28.7. The van der Waals surface area contributed by atoms with Gasteiger partial charge in [-0.25, -0.2) is 4.98 Å². The van der Waals surface area contributed by atoms with Gasteiger partial charge in [-0.05, 0) is 37.8 Å². The number of carbonyl (C=O) groups is 2. The third kappa shape index (κ3) is 2.68. The molecular weight excluding hydrogens is 306 g/mol. The van der Waals surface area contributed by atoms with E-state index in [0.29, 0.717) is 30.5 Å². The first-order valence-electron chi connectivity index (χ1n) is 8.29. The summed E-state index contributed by atoms with van der Waals surface area (Å²) in [5.41, 5.74) is 2.47. The molecule has 0 bridgehead atoms. The number of fused-ring (bicyclic) bond motifs is 1.